The predicted molar refractivity (Wildman–Crippen MR) is 106 cm³/mol. The SMILES string of the molecule is C[Si](C)(C)C#Cc1cc(-c2ccccc2)c(N)c(C(N)=O)c1S(N)(=O)=O. The van der Waals surface area contributed by atoms with Crippen LogP contribution in [0.2, 0.25) is 19.6 Å². The molecule has 0 aliphatic rings. The number of carbonyl (C=O) groups excluding carboxylic acids is 1. The van der Waals surface area contributed by atoms with E-state index in [2.05, 4.69) is 11.5 Å². The van der Waals surface area contributed by atoms with E-state index < -0.39 is 28.9 Å². The number of hydrogen-bond donors (Lipinski definition) is 3. The highest BCUT2D eigenvalue weighted by Crippen LogP contribution is 2.34. The second kappa shape index (κ2) is 6.95. The van der Waals surface area contributed by atoms with E-state index in [1.165, 1.54) is 0 Å². The summed E-state index contributed by atoms with van der Waals surface area (Å²) in [5, 5.41) is 5.35. The minimum atomic E-state index is -4.27. The fourth-order valence-corrected chi connectivity index (χ4v) is 3.84. The van der Waals surface area contributed by atoms with Crippen LogP contribution < -0.4 is 16.6 Å². The van der Waals surface area contributed by atoms with Crippen molar-refractivity contribution in [3.05, 3.63) is 47.5 Å². The Hall–Kier alpha value is -2.60. The number of anilines is 1. The highest BCUT2D eigenvalue weighted by molar-refractivity contribution is 7.89. The summed E-state index contributed by atoms with van der Waals surface area (Å²) < 4.78 is 24.3. The van der Waals surface area contributed by atoms with Gasteiger partial charge in [0.25, 0.3) is 5.91 Å². The van der Waals surface area contributed by atoms with Gasteiger partial charge >= 0.3 is 0 Å². The maximum Gasteiger partial charge on any atom is 0.252 e. The molecule has 0 heterocycles. The summed E-state index contributed by atoms with van der Waals surface area (Å²) in [6, 6.07) is 10.6. The second-order valence-electron chi connectivity index (χ2n) is 6.86. The van der Waals surface area contributed by atoms with Gasteiger partial charge in [-0.1, -0.05) is 55.9 Å². The summed E-state index contributed by atoms with van der Waals surface area (Å²) in [6.07, 6.45) is 0. The number of benzene rings is 2. The van der Waals surface area contributed by atoms with Crippen LogP contribution in [0, 0.1) is 11.5 Å². The number of nitrogen functional groups attached to an aromatic ring is 1. The smallest absolute Gasteiger partial charge is 0.252 e. The number of primary amides is 1. The molecular weight excluding hydrogens is 366 g/mol. The Balaban J connectivity index is 2.98. The molecule has 1 amide bonds. The zero-order valence-electron chi connectivity index (χ0n) is 14.8. The molecule has 0 aliphatic heterocycles. The lowest BCUT2D eigenvalue weighted by Gasteiger charge is -2.15. The molecule has 6 nitrogen and oxygen atoms in total. The fourth-order valence-electron chi connectivity index (χ4n) is 2.42. The molecule has 0 unspecified atom stereocenters. The maximum atomic E-state index is 12.2. The van der Waals surface area contributed by atoms with Gasteiger partial charge < -0.3 is 11.5 Å². The first-order valence-electron chi connectivity index (χ1n) is 7.79. The number of rotatable bonds is 3. The van der Waals surface area contributed by atoms with Gasteiger partial charge in [-0.2, -0.15) is 0 Å². The van der Waals surface area contributed by atoms with Gasteiger partial charge in [-0.05, 0) is 11.6 Å². The quantitative estimate of drug-likeness (QED) is 0.422. The van der Waals surface area contributed by atoms with Gasteiger partial charge in [0.1, 0.15) is 13.0 Å². The molecule has 2 rings (SSSR count). The Morgan fingerprint density at radius 2 is 1.69 bits per heavy atom. The van der Waals surface area contributed by atoms with Crippen LogP contribution in [0.3, 0.4) is 0 Å². The van der Waals surface area contributed by atoms with E-state index in [-0.39, 0.29) is 16.8 Å². The molecule has 8 heteroatoms. The molecule has 0 aliphatic carbocycles. The average Bonchev–Trinajstić information content (AvgIpc) is 2.51. The Bertz CT molecular complexity index is 1030. The highest BCUT2D eigenvalue weighted by atomic mass is 32.2. The summed E-state index contributed by atoms with van der Waals surface area (Å²) in [7, 11) is -6.09. The zero-order chi connectivity index (χ0) is 19.7. The first kappa shape index (κ1) is 19.7. The molecule has 6 N–H and O–H groups in total. The number of carbonyl (C=O) groups is 1. The topological polar surface area (TPSA) is 129 Å². The first-order chi connectivity index (χ1) is 11.9. The van der Waals surface area contributed by atoms with Crippen LogP contribution in [-0.2, 0) is 10.0 Å². The summed E-state index contributed by atoms with van der Waals surface area (Å²) in [5.41, 5.74) is 15.6. The standard InChI is InChI=1S/C18H21N3O3SSi/c1-26(2,3)10-9-13-11-14(12-7-5-4-6-8-12)16(19)15(18(20)22)17(13)25(21,23)24/h4-8,11H,19H2,1-3H3,(H2,20,22)(H2,21,23,24). The Kier molecular flexibility index (Phi) is 5.27. The average molecular weight is 388 g/mol. The minimum absolute atomic E-state index is 0.0359. The molecule has 136 valence electrons. The number of amides is 1. The van der Waals surface area contributed by atoms with Gasteiger partial charge in [0.05, 0.1) is 11.3 Å². The molecule has 0 saturated heterocycles. The molecule has 0 fully saturated rings. The van der Waals surface area contributed by atoms with Gasteiger partial charge in [-0.3, -0.25) is 4.79 Å². The van der Waals surface area contributed by atoms with Crippen molar-refractivity contribution in [3.63, 3.8) is 0 Å². The van der Waals surface area contributed by atoms with Crippen molar-refractivity contribution in [2.75, 3.05) is 5.73 Å². The molecule has 2 aromatic carbocycles. The van der Waals surface area contributed by atoms with Crippen LogP contribution >= 0.6 is 0 Å². The van der Waals surface area contributed by atoms with Gasteiger partial charge in [0, 0.05) is 11.1 Å². The van der Waals surface area contributed by atoms with E-state index in [1.54, 1.807) is 30.3 Å². The van der Waals surface area contributed by atoms with E-state index in [9.17, 15) is 13.2 Å². The van der Waals surface area contributed by atoms with Crippen LogP contribution in [0.1, 0.15) is 15.9 Å². The van der Waals surface area contributed by atoms with E-state index >= 15 is 0 Å². The second-order valence-corrected chi connectivity index (χ2v) is 13.1. The lowest BCUT2D eigenvalue weighted by atomic mass is 9.97. The predicted octanol–water partition coefficient (Wildman–Crippen LogP) is 1.91. The molecule has 0 saturated carbocycles. The van der Waals surface area contributed by atoms with E-state index in [0.29, 0.717) is 11.1 Å². The molecule has 0 aromatic heterocycles. The van der Waals surface area contributed by atoms with Gasteiger partial charge in [0.15, 0.2) is 0 Å². The summed E-state index contributed by atoms with van der Waals surface area (Å²) >= 11 is 0. The molecular formula is C18H21N3O3SSi. The van der Waals surface area contributed by atoms with Crippen molar-refractivity contribution in [3.8, 4) is 22.6 Å². The van der Waals surface area contributed by atoms with Crippen molar-refractivity contribution >= 4 is 29.7 Å². The maximum absolute atomic E-state index is 12.2. The number of hydrogen-bond acceptors (Lipinski definition) is 4. The first-order valence-corrected chi connectivity index (χ1v) is 12.8. The number of primary sulfonamides is 1. The van der Waals surface area contributed by atoms with Crippen molar-refractivity contribution in [1.29, 1.82) is 0 Å². The third-order valence-electron chi connectivity index (χ3n) is 3.51. The monoisotopic (exact) mass is 387 g/mol. The van der Waals surface area contributed by atoms with Crippen molar-refractivity contribution < 1.29 is 13.2 Å². The minimum Gasteiger partial charge on any atom is -0.398 e. The largest absolute Gasteiger partial charge is 0.398 e. The summed E-state index contributed by atoms with van der Waals surface area (Å²) in [4.78, 5) is 11.6. The van der Waals surface area contributed by atoms with Crippen LogP contribution in [0.15, 0.2) is 41.3 Å². The summed E-state index contributed by atoms with van der Waals surface area (Å²) in [6.45, 7) is 6.04. The van der Waals surface area contributed by atoms with Crippen molar-refractivity contribution in [2.45, 2.75) is 24.5 Å². The lowest BCUT2D eigenvalue weighted by molar-refractivity contribution is 0.0998. The van der Waals surface area contributed by atoms with Crippen LogP contribution in [-0.4, -0.2) is 22.4 Å². The molecule has 0 spiro atoms. The highest BCUT2D eigenvalue weighted by Gasteiger charge is 2.27. The molecule has 0 radical (unpaired) electrons. The van der Waals surface area contributed by atoms with Gasteiger partial charge in [-0.25, -0.2) is 13.6 Å². The Morgan fingerprint density at radius 1 is 1.12 bits per heavy atom. The van der Waals surface area contributed by atoms with Crippen LogP contribution in [0.5, 0.6) is 0 Å². The van der Waals surface area contributed by atoms with Gasteiger partial charge in [-0.15, -0.1) is 5.54 Å². The van der Waals surface area contributed by atoms with E-state index in [1.807, 2.05) is 25.7 Å². The fraction of sp³-hybridized carbons (Fsp3) is 0.167. The molecule has 2 aromatic rings. The zero-order valence-corrected chi connectivity index (χ0v) is 16.6. The Morgan fingerprint density at radius 3 is 2.15 bits per heavy atom. The van der Waals surface area contributed by atoms with Gasteiger partial charge in [0.2, 0.25) is 10.0 Å². The van der Waals surface area contributed by atoms with E-state index in [0.717, 1.165) is 0 Å². The van der Waals surface area contributed by atoms with Crippen molar-refractivity contribution in [1.82, 2.24) is 0 Å². The third kappa shape index (κ3) is 4.32. The number of sulfonamides is 1. The third-order valence-corrected chi connectivity index (χ3v) is 5.38. The normalized spacial score (nSPS) is 11.5. The molecule has 0 bridgehead atoms. The lowest BCUT2D eigenvalue weighted by Crippen LogP contribution is -2.24. The Labute approximate surface area is 154 Å². The molecule has 26 heavy (non-hydrogen) atoms. The van der Waals surface area contributed by atoms with Crippen LogP contribution in [0.25, 0.3) is 11.1 Å². The van der Waals surface area contributed by atoms with E-state index in [4.69, 9.17) is 16.6 Å². The summed E-state index contributed by atoms with van der Waals surface area (Å²) in [5.74, 6) is 1.91. The van der Waals surface area contributed by atoms with Crippen molar-refractivity contribution in [2.24, 2.45) is 10.9 Å². The van der Waals surface area contributed by atoms with Crippen LogP contribution in [0.4, 0.5) is 5.69 Å². The number of nitrogens with two attached hydrogens (primary N) is 3. The molecule has 0 atom stereocenters.